The third-order valence-electron chi connectivity index (χ3n) is 4.23. The molecular weight excluding hydrogens is 262 g/mol. The van der Waals surface area contributed by atoms with Crippen LogP contribution in [0, 0.1) is 0 Å². The predicted octanol–water partition coefficient (Wildman–Crippen LogP) is 1.36. The molecule has 0 radical (unpaired) electrons. The van der Waals surface area contributed by atoms with E-state index in [-0.39, 0.29) is 6.04 Å². The van der Waals surface area contributed by atoms with Gasteiger partial charge in [-0.25, -0.2) is 4.98 Å². The third-order valence-corrected chi connectivity index (χ3v) is 4.23. The van der Waals surface area contributed by atoms with Crippen LogP contribution in [0.5, 0.6) is 0 Å². The summed E-state index contributed by atoms with van der Waals surface area (Å²) in [5, 5.41) is 0. The number of fused-ring (bicyclic) bond motifs is 1. The number of hydrogen-bond donors (Lipinski definition) is 1. The van der Waals surface area contributed by atoms with Gasteiger partial charge in [0.15, 0.2) is 5.82 Å². The molecule has 1 aliphatic rings. The van der Waals surface area contributed by atoms with E-state index in [4.69, 9.17) is 10.7 Å². The van der Waals surface area contributed by atoms with Crippen molar-refractivity contribution >= 4 is 11.5 Å². The summed E-state index contributed by atoms with van der Waals surface area (Å²) in [4.78, 5) is 9.69. The molecule has 0 saturated carbocycles. The van der Waals surface area contributed by atoms with Gasteiger partial charge in [-0.05, 0) is 33.0 Å². The lowest BCUT2D eigenvalue weighted by atomic mass is 10.1. The molecule has 1 fully saturated rings. The quantitative estimate of drug-likeness (QED) is 0.926. The second-order valence-electron chi connectivity index (χ2n) is 6.30. The highest BCUT2D eigenvalue weighted by molar-refractivity contribution is 5.57. The average Bonchev–Trinajstić information content (AvgIpc) is 2.77. The maximum atomic E-state index is 6.06. The van der Waals surface area contributed by atoms with E-state index in [1.54, 1.807) is 0 Å². The van der Waals surface area contributed by atoms with Crippen LogP contribution in [0.15, 0.2) is 24.4 Å². The fourth-order valence-corrected chi connectivity index (χ4v) is 3.21. The number of rotatable bonds is 3. The molecule has 21 heavy (non-hydrogen) atoms. The summed E-state index contributed by atoms with van der Waals surface area (Å²) in [6.45, 7) is 7.50. The minimum atomic E-state index is 0.131. The smallest absolute Gasteiger partial charge is 0.151 e. The van der Waals surface area contributed by atoms with Crippen LogP contribution in [-0.2, 0) is 6.42 Å². The van der Waals surface area contributed by atoms with Crippen LogP contribution in [0.3, 0.4) is 0 Å². The number of nitrogens with two attached hydrogens (primary N) is 1. The molecule has 2 N–H and O–H groups in total. The van der Waals surface area contributed by atoms with Crippen molar-refractivity contribution in [3.05, 3.63) is 30.1 Å². The Morgan fingerprint density at radius 2 is 2.19 bits per heavy atom. The van der Waals surface area contributed by atoms with Gasteiger partial charge in [-0.3, -0.25) is 0 Å². The highest BCUT2D eigenvalue weighted by Crippen LogP contribution is 2.26. The molecule has 0 spiro atoms. The van der Waals surface area contributed by atoms with E-state index < -0.39 is 0 Å². The molecule has 1 aliphatic heterocycles. The maximum Gasteiger partial charge on any atom is 0.151 e. The molecular formula is C16H25N5. The monoisotopic (exact) mass is 287 g/mol. The lowest BCUT2D eigenvalue weighted by Gasteiger charge is -2.39. The number of nitrogens with zero attached hydrogens (tertiary/aromatic N) is 4. The van der Waals surface area contributed by atoms with E-state index >= 15 is 0 Å². The Hall–Kier alpha value is -1.59. The summed E-state index contributed by atoms with van der Waals surface area (Å²) in [5.74, 6) is 1.11. The molecule has 0 amide bonds. The van der Waals surface area contributed by atoms with Crippen molar-refractivity contribution in [3.8, 4) is 0 Å². The summed E-state index contributed by atoms with van der Waals surface area (Å²) in [7, 11) is 2.18. The van der Waals surface area contributed by atoms with Crippen molar-refractivity contribution in [3.63, 3.8) is 0 Å². The summed E-state index contributed by atoms with van der Waals surface area (Å²) >= 11 is 0. The van der Waals surface area contributed by atoms with E-state index in [2.05, 4.69) is 53.4 Å². The van der Waals surface area contributed by atoms with Gasteiger partial charge >= 0.3 is 0 Å². The van der Waals surface area contributed by atoms with Gasteiger partial charge in [-0.15, -0.1) is 0 Å². The van der Waals surface area contributed by atoms with Gasteiger partial charge < -0.3 is 19.9 Å². The molecule has 2 aromatic rings. The van der Waals surface area contributed by atoms with Gasteiger partial charge in [0, 0.05) is 44.3 Å². The number of hydrogen-bond acceptors (Lipinski definition) is 4. The predicted molar refractivity (Wildman–Crippen MR) is 86.9 cm³/mol. The number of likely N-dealkylation sites (N-methyl/N-ethyl adjacent to an activating group) is 1. The van der Waals surface area contributed by atoms with Crippen molar-refractivity contribution in [2.75, 3.05) is 31.6 Å². The van der Waals surface area contributed by atoms with Gasteiger partial charge in [0.1, 0.15) is 5.65 Å². The molecule has 1 saturated heterocycles. The zero-order valence-electron chi connectivity index (χ0n) is 13.2. The van der Waals surface area contributed by atoms with Crippen molar-refractivity contribution in [2.24, 2.45) is 5.73 Å². The van der Waals surface area contributed by atoms with Gasteiger partial charge in [0.2, 0.25) is 0 Å². The largest absolute Gasteiger partial charge is 0.350 e. The van der Waals surface area contributed by atoms with E-state index in [1.165, 1.54) is 5.69 Å². The van der Waals surface area contributed by atoms with Crippen LogP contribution in [-0.4, -0.2) is 53.1 Å². The van der Waals surface area contributed by atoms with Crippen LogP contribution < -0.4 is 10.6 Å². The zero-order valence-corrected chi connectivity index (χ0v) is 13.2. The molecule has 3 heterocycles. The van der Waals surface area contributed by atoms with Crippen LogP contribution >= 0.6 is 0 Å². The molecule has 2 atom stereocenters. The summed E-state index contributed by atoms with van der Waals surface area (Å²) < 4.78 is 2.18. The average molecular weight is 287 g/mol. The minimum absolute atomic E-state index is 0.131. The Labute approximate surface area is 126 Å². The highest BCUT2D eigenvalue weighted by atomic mass is 15.3. The first-order chi connectivity index (χ1) is 10.1. The van der Waals surface area contributed by atoms with Gasteiger partial charge in [-0.1, -0.05) is 6.07 Å². The fraction of sp³-hybridized carbons (Fsp3) is 0.562. The van der Waals surface area contributed by atoms with Crippen LogP contribution in [0.1, 0.15) is 19.5 Å². The molecule has 2 aromatic heterocycles. The number of aromatic nitrogens is 2. The van der Waals surface area contributed by atoms with Gasteiger partial charge in [0.05, 0.1) is 5.69 Å². The number of anilines is 1. The third kappa shape index (κ3) is 2.76. The molecule has 0 bridgehead atoms. The molecule has 0 aliphatic carbocycles. The van der Waals surface area contributed by atoms with Crippen molar-refractivity contribution in [1.29, 1.82) is 0 Å². The Morgan fingerprint density at radius 1 is 1.38 bits per heavy atom. The van der Waals surface area contributed by atoms with E-state index in [0.717, 1.165) is 37.5 Å². The molecule has 0 aromatic carbocycles. The van der Waals surface area contributed by atoms with Crippen LogP contribution in [0.2, 0.25) is 0 Å². The first kappa shape index (κ1) is 14.4. The Bertz CT molecular complexity index is 618. The summed E-state index contributed by atoms with van der Waals surface area (Å²) in [5.41, 5.74) is 8.30. The van der Waals surface area contributed by atoms with E-state index in [1.807, 2.05) is 6.07 Å². The Kier molecular flexibility index (Phi) is 3.87. The van der Waals surface area contributed by atoms with E-state index in [0.29, 0.717) is 6.04 Å². The first-order valence-corrected chi connectivity index (χ1v) is 7.73. The lowest BCUT2D eigenvalue weighted by Crippen LogP contribution is -2.51. The molecule has 5 heteroatoms. The Morgan fingerprint density at radius 3 is 2.90 bits per heavy atom. The minimum Gasteiger partial charge on any atom is -0.350 e. The molecule has 2 unspecified atom stereocenters. The van der Waals surface area contributed by atoms with Crippen molar-refractivity contribution in [1.82, 2.24) is 14.3 Å². The Balaban J connectivity index is 2.04. The first-order valence-electron chi connectivity index (χ1n) is 7.73. The van der Waals surface area contributed by atoms with Crippen molar-refractivity contribution < 1.29 is 0 Å². The molecule has 114 valence electrons. The fourth-order valence-electron chi connectivity index (χ4n) is 3.21. The van der Waals surface area contributed by atoms with Gasteiger partial charge in [-0.2, -0.15) is 0 Å². The standard InChI is InChI=1S/C16H25N5/c1-12(17)10-14-16(18-15-6-4-5-7-21(14)15)20-9-8-19(3)11-13(20)2/h4-7,12-13H,8-11,17H2,1-3H3. The number of pyridine rings is 1. The van der Waals surface area contributed by atoms with Gasteiger partial charge in [0.25, 0.3) is 0 Å². The van der Waals surface area contributed by atoms with Crippen LogP contribution in [0.4, 0.5) is 5.82 Å². The maximum absolute atomic E-state index is 6.06. The molecule has 5 nitrogen and oxygen atoms in total. The topological polar surface area (TPSA) is 49.8 Å². The normalized spacial score (nSPS) is 21.9. The summed E-state index contributed by atoms with van der Waals surface area (Å²) in [6, 6.07) is 6.76. The zero-order chi connectivity index (χ0) is 15.0. The molecule has 3 rings (SSSR count). The highest BCUT2D eigenvalue weighted by Gasteiger charge is 2.26. The SMILES string of the molecule is CC(N)Cc1c(N2CCN(C)CC2C)nc2ccccn12. The van der Waals surface area contributed by atoms with E-state index in [9.17, 15) is 0 Å². The van der Waals surface area contributed by atoms with Crippen molar-refractivity contribution in [2.45, 2.75) is 32.4 Å². The van der Waals surface area contributed by atoms with Crippen LogP contribution in [0.25, 0.3) is 5.65 Å². The number of piperazine rings is 1. The number of imidazole rings is 1. The second-order valence-corrected chi connectivity index (χ2v) is 6.30. The second kappa shape index (κ2) is 5.66. The summed E-state index contributed by atoms with van der Waals surface area (Å²) in [6.07, 6.45) is 2.93. The lowest BCUT2D eigenvalue weighted by molar-refractivity contribution is 0.274.